The molecule has 0 spiro atoms. The molecule has 0 unspecified atom stereocenters. The lowest BCUT2D eigenvalue weighted by Gasteiger charge is -2.13. The zero-order valence-electron chi connectivity index (χ0n) is 15.2. The van der Waals surface area contributed by atoms with E-state index in [4.69, 9.17) is 18.9 Å². The number of ether oxygens (including phenoxy) is 4. The summed E-state index contributed by atoms with van der Waals surface area (Å²) in [5, 5.41) is 16.8. The molecule has 0 aliphatic rings. The van der Waals surface area contributed by atoms with Gasteiger partial charge in [-0.1, -0.05) is 0 Å². The number of hydrogen-bond acceptors (Lipinski definition) is 7. The highest BCUT2D eigenvalue weighted by atomic mass is 16.5. The summed E-state index contributed by atoms with van der Waals surface area (Å²) < 4.78 is 21.1. The molecule has 3 aromatic rings. The SMILES string of the molecule is COc1cc(C(=O)c2[nH]nc3c(C#N)c(OC)ccc23)cc(OC)c1OC. The summed E-state index contributed by atoms with van der Waals surface area (Å²) >= 11 is 0. The third-order valence-electron chi connectivity index (χ3n) is 4.17. The molecule has 0 aliphatic carbocycles. The number of H-pyrrole nitrogens is 1. The summed E-state index contributed by atoms with van der Waals surface area (Å²) in [5.74, 6) is 1.18. The smallest absolute Gasteiger partial charge is 0.211 e. The summed E-state index contributed by atoms with van der Waals surface area (Å²) in [7, 11) is 5.91. The van der Waals surface area contributed by atoms with E-state index in [1.54, 1.807) is 24.3 Å². The average Bonchev–Trinajstić information content (AvgIpc) is 3.15. The van der Waals surface area contributed by atoms with Crippen molar-refractivity contribution < 1.29 is 23.7 Å². The Hall–Kier alpha value is -3.73. The molecule has 0 saturated carbocycles. The van der Waals surface area contributed by atoms with Gasteiger partial charge in [-0.25, -0.2) is 0 Å². The molecule has 0 bridgehead atoms. The second-order valence-corrected chi connectivity index (χ2v) is 5.49. The highest BCUT2D eigenvalue weighted by molar-refractivity contribution is 6.15. The number of aromatic nitrogens is 2. The molecule has 138 valence electrons. The Balaban J connectivity index is 2.16. The Morgan fingerprint density at radius 1 is 1.00 bits per heavy atom. The predicted octanol–water partition coefficient (Wildman–Crippen LogP) is 2.70. The number of nitrogens with zero attached hydrogens (tertiary/aromatic N) is 2. The summed E-state index contributed by atoms with van der Waals surface area (Å²) in [5.41, 5.74) is 1.20. The standard InChI is InChI=1S/C19H17N3O5/c1-24-13-6-5-11-16(12(13)9-20)21-22-17(11)18(23)10-7-14(25-2)19(27-4)15(8-10)26-3/h5-8H,1-4H3,(H,21,22). The Bertz CT molecular complexity index is 1040. The van der Waals surface area contributed by atoms with Gasteiger partial charge in [0.25, 0.3) is 0 Å². The molecule has 0 aliphatic heterocycles. The first-order chi connectivity index (χ1) is 13.1. The molecular weight excluding hydrogens is 350 g/mol. The van der Waals surface area contributed by atoms with E-state index in [9.17, 15) is 10.1 Å². The van der Waals surface area contributed by atoms with E-state index in [2.05, 4.69) is 16.3 Å². The molecule has 0 amide bonds. The van der Waals surface area contributed by atoms with Crippen LogP contribution in [-0.4, -0.2) is 44.4 Å². The number of methoxy groups -OCH3 is 4. The van der Waals surface area contributed by atoms with Crippen LogP contribution in [0, 0.1) is 11.3 Å². The Labute approximate surface area is 155 Å². The summed E-state index contributed by atoms with van der Waals surface area (Å²) in [6, 6.07) is 8.49. The minimum absolute atomic E-state index is 0.249. The maximum Gasteiger partial charge on any atom is 0.211 e. The van der Waals surface area contributed by atoms with Crippen molar-refractivity contribution in [1.82, 2.24) is 10.2 Å². The summed E-state index contributed by atoms with van der Waals surface area (Å²) in [4.78, 5) is 13.1. The molecule has 2 aromatic carbocycles. The van der Waals surface area contributed by atoms with Gasteiger partial charge in [-0.15, -0.1) is 0 Å². The fourth-order valence-electron chi connectivity index (χ4n) is 2.87. The van der Waals surface area contributed by atoms with Crippen LogP contribution in [0.3, 0.4) is 0 Å². The number of nitriles is 1. The maximum absolute atomic E-state index is 13.1. The molecule has 0 radical (unpaired) electrons. The van der Waals surface area contributed by atoms with Gasteiger partial charge in [0.15, 0.2) is 11.5 Å². The Morgan fingerprint density at radius 2 is 1.63 bits per heavy atom. The first kappa shape index (κ1) is 18.1. The van der Waals surface area contributed by atoms with E-state index in [0.29, 0.717) is 39.5 Å². The van der Waals surface area contributed by atoms with Crippen LogP contribution >= 0.6 is 0 Å². The van der Waals surface area contributed by atoms with E-state index in [1.807, 2.05) is 0 Å². The van der Waals surface area contributed by atoms with E-state index in [1.165, 1.54) is 28.4 Å². The quantitative estimate of drug-likeness (QED) is 0.668. The number of hydrogen-bond donors (Lipinski definition) is 1. The Kier molecular flexibility index (Phi) is 4.86. The maximum atomic E-state index is 13.1. The summed E-state index contributed by atoms with van der Waals surface area (Å²) in [6.45, 7) is 0. The largest absolute Gasteiger partial charge is 0.495 e. The van der Waals surface area contributed by atoms with Gasteiger partial charge in [0.2, 0.25) is 11.5 Å². The molecule has 0 atom stereocenters. The lowest BCUT2D eigenvalue weighted by Crippen LogP contribution is -2.05. The van der Waals surface area contributed by atoms with Crippen molar-refractivity contribution in [2.45, 2.75) is 0 Å². The number of rotatable bonds is 6. The zero-order chi connectivity index (χ0) is 19.6. The van der Waals surface area contributed by atoms with Gasteiger partial charge < -0.3 is 18.9 Å². The van der Waals surface area contributed by atoms with Crippen LogP contribution in [0.15, 0.2) is 24.3 Å². The number of aromatic amines is 1. The number of ketones is 1. The van der Waals surface area contributed by atoms with Crippen LogP contribution in [0.2, 0.25) is 0 Å². The predicted molar refractivity (Wildman–Crippen MR) is 96.9 cm³/mol. The molecule has 8 nitrogen and oxygen atoms in total. The zero-order valence-corrected chi connectivity index (χ0v) is 15.2. The second kappa shape index (κ2) is 7.25. The molecule has 1 aromatic heterocycles. The van der Waals surface area contributed by atoms with Crippen LogP contribution in [0.1, 0.15) is 21.6 Å². The minimum atomic E-state index is -0.328. The molecule has 1 heterocycles. The van der Waals surface area contributed by atoms with Crippen molar-refractivity contribution in [3.63, 3.8) is 0 Å². The molecule has 0 saturated heterocycles. The van der Waals surface area contributed by atoms with Gasteiger partial charge in [0.1, 0.15) is 28.6 Å². The van der Waals surface area contributed by atoms with E-state index in [-0.39, 0.29) is 17.0 Å². The third kappa shape index (κ3) is 2.89. The number of nitrogens with one attached hydrogen (secondary N) is 1. The van der Waals surface area contributed by atoms with Gasteiger partial charge in [-0.05, 0) is 24.3 Å². The van der Waals surface area contributed by atoms with Crippen LogP contribution in [0.4, 0.5) is 0 Å². The van der Waals surface area contributed by atoms with Crippen LogP contribution in [-0.2, 0) is 0 Å². The minimum Gasteiger partial charge on any atom is -0.495 e. The van der Waals surface area contributed by atoms with Crippen molar-refractivity contribution in [2.24, 2.45) is 0 Å². The van der Waals surface area contributed by atoms with Crippen LogP contribution < -0.4 is 18.9 Å². The number of fused-ring (bicyclic) bond motifs is 1. The Morgan fingerprint density at radius 3 is 2.15 bits per heavy atom. The lowest BCUT2D eigenvalue weighted by atomic mass is 10.0. The van der Waals surface area contributed by atoms with Crippen molar-refractivity contribution in [2.75, 3.05) is 28.4 Å². The van der Waals surface area contributed by atoms with Gasteiger partial charge in [0, 0.05) is 10.9 Å². The molecule has 0 fully saturated rings. The van der Waals surface area contributed by atoms with E-state index >= 15 is 0 Å². The average molecular weight is 367 g/mol. The monoisotopic (exact) mass is 367 g/mol. The molecule has 1 N–H and O–H groups in total. The van der Waals surface area contributed by atoms with Gasteiger partial charge in [-0.3, -0.25) is 9.89 Å². The van der Waals surface area contributed by atoms with Gasteiger partial charge >= 0.3 is 0 Å². The normalized spacial score (nSPS) is 10.3. The highest BCUT2D eigenvalue weighted by Gasteiger charge is 2.22. The first-order valence-corrected chi connectivity index (χ1v) is 7.89. The second-order valence-electron chi connectivity index (χ2n) is 5.49. The number of benzene rings is 2. The van der Waals surface area contributed by atoms with Crippen molar-refractivity contribution in [3.8, 4) is 29.1 Å². The third-order valence-corrected chi connectivity index (χ3v) is 4.17. The van der Waals surface area contributed by atoms with E-state index in [0.717, 1.165) is 0 Å². The van der Waals surface area contributed by atoms with Crippen molar-refractivity contribution >= 4 is 16.7 Å². The highest BCUT2D eigenvalue weighted by Crippen LogP contribution is 2.39. The topological polar surface area (TPSA) is 106 Å². The van der Waals surface area contributed by atoms with Gasteiger partial charge in [-0.2, -0.15) is 10.4 Å². The first-order valence-electron chi connectivity index (χ1n) is 7.89. The molecule has 8 heteroatoms. The van der Waals surface area contributed by atoms with E-state index < -0.39 is 0 Å². The van der Waals surface area contributed by atoms with Crippen molar-refractivity contribution in [3.05, 3.63) is 41.1 Å². The summed E-state index contributed by atoms with van der Waals surface area (Å²) in [6.07, 6.45) is 0. The van der Waals surface area contributed by atoms with Crippen LogP contribution in [0.25, 0.3) is 10.9 Å². The van der Waals surface area contributed by atoms with Gasteiger partial charge in [0.05, 0.1) is 28.4 Å². The lowest BCUT2D eigenvalue weighted by molar-refractivity contribution is 0.103. The molecule has 27 heavy (non-hydrogen) atoms. The number of carbonyl (C=O) groups excluding carboxylic acids is 1. The van der Waals surface area contributed by atoms with Crippen molar-refractivity contribution in [1.29, 1.82) is 5.26 Å². The fourth-order valence-corrected chi connectivity index (χ4v) is 2.87. The molecule has 3 rings (SSSR count). The fraction of sp³-hybridized carbons (Fsp3) is 0.211. The molecular formula is C19H17N3O5. The van der Waals surface area contributed by atoms with Crippen LogP contribution in [0.5, 0.6) is 23.0 Å². The number of carbonyl (C=O) groups is 1.